The zero-order valence-corrected chi connectivity index (χ0v) is 14.6. The summed E-state index contributed by atoms with van der Waals surface area (Å²) in [7, 11) is 0. The largest absolute Gasteiger partial charge is 1.00 e. The van der Waals surface area contributed by atoms with Crippen molar-refractivity contribution < 1.29 is 60.9 Å². The van der Waals surface area contributed by atoms with E-state index in [2.05, 4.69) is 18.2 Å². The molecule has 0 bridgehead atoms. The molecule has 1 aliphatic carbocycles. The van der Waals surface area contributed by atoms with Gasteiger partial charge in [-0.05, 0) is 12.6 Å². The molecule has 0 radical (unpaired) electrons. The Balaban J connectivity index is 0.00000120. The van der Waals surface area contributed by atoms with Gasteiger partial charge in [0.15, 0.2) is 0 Å². The summed E-state index contributed by atoms with van der Waals surface area (Å²) >= 11 is 0. The predicted octanol–water partition coefficient (Wildman–Crippen LogP) is -1.34. The van der Waals surface area contributed by atoms with E-state index in [1.54, 1.807) is 0 Å². The molecule has 4 nitrogen and oxygen atoms in total. The summed E-state index contributed by atoms with van der Waals surface area (Å²) in [5.41, 5.74) is -0.168. The van der Waals surface area contributed by atoms with Crippen LogP contribution in [0.5, 0.6) is 0 Å². The van der Waals surface area contributed by atoms with Crippen LogP contribution in [-0.2, 0) is 4.74 Å². The molecule has 0 aromatic heterocycles. The van der Waals surface area contributed by atoms with E-state index in [9.17, 15) is 4.79 Å². The van der Waals surface area contributed by atoms with Gasteiger partial charge in [0.2, 0.25) is 0 Å². The van der Waals surface area contributed by atoms with Crippen molar-refractivity contribution in [1.29, 1.82) is 0 Å². The number of carbonyl (C=O) groups is 1. The standard InChI is InChI=1S/C13H21N2O2.K/c1-2-14-8-6-13(7-9-14)10-15(12(16)17-13)11-4-3-5-11;/h3,11H,2,4-10H2,1H3;/q-1;+1. The van der Waals surface area contributed by atoms with Crippen LogP contribution < -0.4 is 51.4 Å². The van der Waals surface area contributed by atoms with Crippen molar-refractivity contribution in [2.45, 2.75) is 44.2 Å². The zero-order valence-electron chi connectivity index (χ0n) is 11.5. The molecule has 1 amide bonds. The number of likely N-dealkylation sites (tertiary alicyclic amines) is 1. The van der Waals surface area contributed by atoms with Gasteiger partial charge in [0.1, 0.15) is 5.60 Å². The Morgan fingerprint density at radius 2 is 2.06 bits per heavy atom. The third-order valence-corrected chi connectivity index (χ3v) is 4.53. The zero-order chi connectivity index (χ0) is 11.9. The van der Waals surface area contributed by atoms with Gasteiger partial charge < -0.3 is 21.0 Å². The summed E-state index contributed by atoms with van der Waals surface area (Å²) in [4.78, 5) is 16.3. The fourth-order valence-electron chi connectivity index (χ4n) is 3.04. The van der Waals surface area contributed by atoms with E-state index in [0.29, 0.717) is 6.04 Å². The minimum absolute atomic E-state index is 0. The van der Waals surface area contributed by atoms with Crippen molar-refractivity contribution in [2.75, 3.05) is 26.2 Å². The van der Waals surface area contributed by atoms with Gasteiger partial charge in [-0.1, -0.05) is 6.92 Å². The second-order valence-corrected chi connectivity index (χ2v) is 5.53. The first-order valence-corrected chi connectivity index (χ1v) is 6.76. The van der Waals surface area contributed by atoms with Gasteiger partial charge in [0.05, 0.1) is 6.54 Å². The van der Waals surface area contributed by atoms with Crippen molar-refractivity contribution in [1.82, 2.24) is 9.80 Å². The van der Waals surface area contributed by atoms with Gasteiger partial charge in [-0.3, -0.25) is 0 Å². The van der Waals surface area contributed by atoms with Crippen LogP contribution in [0.1, 0.15) is 32.6 Å². The van der Waals surface area contributed by atoms with Crippen LogP contribution >= 0.6 is 0 Å². The molecule has 2 saturated heterocycles. The van der Waals surface area contributed by atoms with Gasteiger partial charge in [0.25, 0.3) is 0 Å². The molecule has 3 aliphatic rings. The van der Waals surface area contributed by atoms with Crippen molar-refractivity contribution in [2.24, 2.45) is 0 Å². The number of hydrogen-bond acceptors (Lipinski definition) is 3. The minimum Gasteiger partial charge on any atom is -0.441 e. The normalized spacial score (nSPS) is 27.8. The van der Waals surface area contributed by atoms with Crippen molar-refractivity contribution >= 4 is 6.09 Å². The Hall–Kier alpha value is 0.866. The number of hydrogen-bond donors (Lipinski definition) is 0. The summed E-state index contributed by atoms with van der Waals surface area (Å²) in [5.74, 6) is 0. The second kappa shape index (κ2) is 6.10. The van der Waals surface area contributed by atoms with Crippen molar-refractivity contribution in [3.63, 3.8) is 0 Å². The Morgan fingerprint density at radius 1 is 1.39 bits per heavy atom. The monoisotopic (exact) mass is 276 g/mol. The average Bonchev–Trinajstić information content (AvgIpc) is 2.55. The number of nitrogens with zero attached hydrogens (tertiary/aromatic N) is 2. The molecule has 1 spiro atoms. The Labute approximate surface area is 152 Å². The third kappa shape index (κ3) is 2.81. The summed E-state index contributed by atoms with van der Waals surface area (Å²) in [6.07, 6.45) is 6.26. The molecule has 3 rings (SSSR count). The molecule has 2 heterocycles. The third-order valence-electron chi connectivity index (χ3n) is 4.53. The Bertz CT molecular complexity index is 312. The molecule has 0 unspecified atom stereocenters. The van der Waals surface area contributed by atoms with Gasteiger partial charge in [0, 0.05) is 25.9 Å². The number of carbonyl (C=O) groups excluding carboxylic acids is 1. The first kappa shape index (κ1) is 15.3. The van der Waals surface area contributed by atoms with E-state index in [-0.39, 0.29) is 63.1 Å². The van der Waals surface area contributed by atoms with Crippen molar-refractivity contribution in [3.8, 4) is 0 Å². The van der Waals surface area contributed by atoms with Gasteiger partial charge in [-0.15, -0.1) is 0 Å². The smallest absolute Gasteiger partial charge is 0.441 e. The number of rotatable bonds is 2. The maximum Gasteiger partial charge on any atom is 1.00 e. The van der Waals surface area contributed by atoms with E-state index in [1.165, 1.54) is 0 Å². The van der Waals surface area contributed by atoms with Crippen LogP contribution in [0.3, 0.4) is 0 Å². The molecular formula is C13H21KN2O2. The minimum atomic E-state index is -0.168. The van der Waals surface area contributed by atoms with Crippen LogP contribution in [0.2, 0.25) is 0 Å². The van der Waals surface area contributed by atoms with Crippen LogP contribution in [0, 0.1) is 6.42 Å². The first-order chi connectivity index (χ1) is 8.22. The summed E-state index contributed by atoms with van der Waals surface area (Å²) in [5, 5.41) is 0. The van der Waals surface area contributed by atoms with E-state index >= 15 is 0 Å². The van der Waals surface area contributed by atoms with Crippen LogP contribution in [0.15, 0.2) is 0 Å². The van der Waals surface area contributed by atoms with E-state index < -0.39 is 0 Å². The van der Waals surface area contributed by atoms with Crippen LogP contribution in [-0.4, -0.2) is 53.7 Å². The molecule has 1 saturated carbocycles. The molecule has 0 N–H and O–H groups in total. The quantitative estimate of drug-likeness (QED) is 0.462. The maximum absolute atomic E-state index is 11.9. The SMILES string of the molecule is CCN1CCC2(CC1)CN(C1C[CH-]C1)C(=O)O2.[K+]. The number of piperidine rings is 1. The van der Waals surface area contributed by atoms with Gasteiger partial charge in [-0.25, -0.2) is 4.79 Å². The molecule has 18 heavy (non-hydrogen) atoms. The topological polar surface area (TPSA) is 32.8 Å². The average molecular weight is 276 g/mol. The summed E-state index contributed by atoms with van der Waals surface area (Å²) in [6, 6.07) is 0.422. The first-order valence-electron chi connectivity index (χ1n) is 6.76. The van der Waals surface area contributed by atoms with E-state index in [1.807, 2.05) is 4.90 Å². The Kier molecular flexibility index (Phi) is 5.17. The molecule has 5 heteroatoms. The van der Waals surface area contributed by atoms with Crippen LogP contribution in [0.4, 0.5) is 4.79 Å². The van der Waals surface area contributed by atoms with Gasteiger partial charge in [-0.2, -0.15) is 12.8 Å². The molecule has 0 aromatic rings. The van der Waals surface area contributed by atoms with Crippen LogP contribution in [0.25, 0.3) is 0 Å². The number of amides is 1. The predicted molar refractivity (Wildman–Crippen MR) is 64.6 cm³/mol. The van der Waals surface area contributed by atoms with Gasteiger partial charge >= 0.3 is 57.5 Å². The molecule has 96 valence electrons. The molecule has 0 aromatic carbocycles. The fraction of sp³-hybridized carbons (Fsp3) is 0.846. The summed E-state index contributed by atoms with van der Waals surface area (Å²) < 4.78 is 5.70. The maximum atomic E-state index is 11.9. The molecule has 0 atom stereocenters. The van der Waals surface area contributed by atoms with E-state index in [0.717, 1.165) is 51.9 Å². The molecule has 3 fully saturated rings. The molecular weight excluding hydrogens is 255 g/mol. The van der Waals surface area contributed by atoms with Crippen molar-refractivity contribution in [3.05, 3.63) is 6.42 Å². The molecule has 2 aliphatic heterocycles. The Morgan fingerprint density at radius 3 is 2.56 bits per heavy atom. The van der Waals surface area contributed by atoms with E-state index in [4.69, 9.17) is 4.74 Å². The second-order valence-electron chi connectivity index (χ2n) is 5.53. The number of ether oxygens (including phenoxy) is 1. The fourth-order valence-corrected chi connectivity index (χ4v) is 3.04. The summed E-state index contributed by atoms with van der Waals surface area (Å²) in [6.45, 7) is 6.24.